The van der Waals surface area contributed by atoms with Crippen LogP contribution in [0.2, 0.25) is 0 Å². The van der Waals surface area contributed by atoms with Gasteiger partial charge in [0, 0.05) is 35.2 Å². The maximum atomic E-state index is 14.0. The third-order valence-corrected chi connectivity index (χ3v) is 6.05. The number of alkyl halides is 3. The van der Waals surface area contributed by atoms with Gasteiger partial charge in [-0.1, -0.05) is 34.1 Å². The second-order valence-electron chi connectivity index (χ2n) is 7.74. The molecule has 0 bridgehead atoms. The van der Waals surface area contributed by atoms with Crippen LogP contribution in [0.25, 0.3) is 28.1 Å². The molecule has 1 unspecified atom stereocenters. The summed E-state index contributed by atoms with van der Waals surface area (Å²) in [4.78, 5) is 6.03. The fourth-order valence-corrected chi connectivity index (χ4v) is 4.46. The average Bonchev–Trinajstić information content (AvgIpc) is 3.32. The lowest BCUT2D eigenvalue weighted by molar-refractivity contribution is -0.183. The van der Waals surface area contributed by atoms with Crippen molar-refractivity contribution in [3.63, 3.8) is 0 Å². The van der Waals surface area contributed by atoms with E-state index in [-0.39, 0.29) is 43.0 Å². The Bertz CT molecular complexity index is 1280. The standard InChI is InChI=1S/C21H18BrF3N6.2ClH/c22-14-4-1-12-2-5-16(27-17(12)9-14)20-29-28-18-6-3-13(10-31(18)20)19(21(23,24)25)30-8-7-15(26)11-30;;/h1-6,9-10,15,19H,7-8,11,26H2;2*1H/t15-,19?;;/m0../s1. The first kappa shape index (κ1) is 25.6. The third kappa shape index (κ3) is 4.95. The fourth-order valence-electron chi connectivity index (χ4n) is 4.12. The van der Waals surface area contributed by atoms with Gasteiger partial charge < -0.3 is 5.73 Å². The molecule has 12 heteroatoms. The lowest BCUT2D eigenvalue weighted by Gasteiger charge is -2.30. The van der Waals surface area contributed by atoms with Crippen molar-refractivity contribution in [1.29, 1.82) is 0 Å². The molecule has 4 heterocycles. The van der Waals surface area contributed by atoms with Gasteiger partial charge in [0.1, 0.15) is 11.7 Å². The Kier molecular flexibility index (Phi) is 7.55. The Morgan fingerprint density at radius 1 is 1.06 bits per heavy atom. The van der Waals surface area contributed by atoms with Crippen LogP contribution in [0.1, 0.15) is 18.0 Å². The molecule has 0 saturated carbocycles. The van der Waals surface area contributed by atoms with Crippen LogP contribution in [-0.2, 0) is 0 Å². The number of aromatic nitrogens is 4. The molecule has 1 fully saturated rings. The summed E-state index contributed by atoms with van der Waals surface area (Å²) in [7, 11) is 0. The van der Waals surface area contributed by atoms with Gasteiger partial charge in [-0.25, -0.2) is 4.98 Å². The predicted octanol–water partition coefficient (Wildman–Crippen LogP) is 5.19. The highest BCUT2D eigenvalue weighted by molar-refractivity contribution is 9.10. The van der Waals surface area contributed by atoms with E-state index in [2.05, 4.69) is 31.1 Å². The van der Waals surface area contributed by atoms with Gasteiger partial charge in [-0.05, 0) is 36.2 Å². The highest BCUT2D eigenvalue weighted by Gasteiger charge is 2.46. The van der Waals surface area contributed by atoms with E-state index in [1.165, 1.54) is 17.2 Å². The van der Waals surface area contributed by atoms with Crippen molar-refractivity contribution in [3.8, 4) is 11.5 Å². The summed E-state index contributed by atoms with van der Waals surface area (Å²) in [6.07, 6.45) is -2.43. The molecular weight excluding hydrogens is 544 g/mol. The van der Waals surface area contributed by atoms with Crippen LogP contribution in [0, 0.1) is 0 Å². The summed E-state index contributed by atoms with van der Waals surface area (Å²) in [6.45, 7) is 0.512. The van der Waals surface area contributed by atoms with E-state index in [1.807, 2.05) is 24.3 Å². The summed E-state index contributed by atoms with van der Waals surface area (Å²) in [5, 5.41) is 9.25. The molecule has 0 aliphatic carbocycles. The maximum absolute atomic E-state index is 14.0. The number of benzene rings is 1. The number of hydrogen-bond acceptors (Lipinski definition) is 5. The highest BCUT2D eigenvalue weighted by atomic mass is 79.9. The SMILES string of the molecule is Cl.Cl.N[C@H]1CCN(C(c2ccc3nnc(-c4ccc5ccc(Br)cc5n4)n3c2)C(F)(F)F)C1. The van der Waals surface area contributed by atoms with Crippen molar-refractivity contribution >= 4 is 57.3 Å². The number of nitrogens with two attached hydrogens (primary N) is 1. The molecule has 1 aromatic carbocycles. The molecule has 4 aromatic rings. The van der Waals surface area contributed by atoms with Crippen LogP contribution in [0.15, 0.2) is 53.1 Å². The summed E-state index contributed by atoms with van der Waals surface area (Å²) in [5.41, 5.74) is 7.72. The van der Waals surface area contributed by atoms with Crippen molar-refractivity contribution < 1.29 is 13.2 Å². The molecule has 6 nitrogen and oxygen atoms in total. The number of hydrogen-bond donors (Lipinski definition) is 1. The lowest BCUT2D eigenvalue weighted by atomic mass is 10.1. The first-order valence-corrected chi connectivity index (χ1v) is 10.6. The zero-order chi connectivity index (χ0) is 21.8. The summed E-state index contributed by atoms with van der Waals surface area (Å²) < 4.78 is 44.5. The molecule has 33 heavy (non-hydrogen) atoms. The average molecular weight is 564 g/mol. The van der Waals surface area contributed by atoms with Gasteiger partial charge >= 0.3 is 6.18 Å². The zero-order valence-electron chi connectivity index (χ0n) is 17.0. The number of pyridine rings is 2. The van der Waals surface area contributed by atoms with Gasteiger partial charge in [0.15, 0.2) is 11.5 Å². The molecule has 2 N–H and O–H groups in total. The quantitative estimate of drug-likeness (QED) is 0.371. The highest BCUT2D eigenvalue weighted by Crippen LogP contribution is 2.39. The molecule has 0 amide bonds. The number of rotatable bonds is 3. The minimum absolute atomic E-state index is 0. The normalized spacial score (nSPS) is 17.7. The smallest absolute Gasteiger partial charge is 0.326 e. The first-order valence-electron chi connectivity index (χ1n) is 9.77. The summed E-state index contributed by atoms with van der Waals surface area (Å²) in [6, 6.07) is 10.5. The van der Waals surface area contributed by atoms with Gasteiger partial charge in [0.05, 0.1) is 5.52 Å². The van der Waals surface area contributed by atoms with Crippen molar-refractivity contribution in [2.45, 2.75) is 24.7 Å². The van der Waals surface area contributed by atoms with Gasteiger partial charge in [-0.15, -0.1) is 35.0 Å². The fraction of sp³-hybridized carbons (Fsp3) is 0.286. The van der Waals surface area contributed by atoms with Gasteiger partial charge in [-0.2, -0.15) is 13.2 Å². The van der Waals surface area contributed by atoms with E-state index in [1.54, 1.807) is 16.5 Å². The Hall–Kier alpha value is -1.98. The summed E-state index contributed by atoms with van der Waals surface area (Å²) in [5.74, 6) is 0.387. The largest absolute Gasteiger partial charge is 0.408 e. The van der Waals surface area contributed by atoms with Crippen molar-refractivity contribution in [2.75, 3.05) is 13.1 Å². The molecule has 0 spiro atoms. The summed E-state index contributed by atoms with van der Waals surface area (Å²) >= 11 is 3.43. The minimum atomic E-state index is -4.43. The number of likely N-dealkylation sites (tertiary alicyclic amines) is 1. The van der Waals surface area contributed by atoms with E-state index < -0.39 is 12.2 Å². The molecule has 1 aliphatic heterocycles. The van der Waals surface area contributed by atoms with E-state index in [9.17, 15) is 13.2 Å². The van der Waals surface area contributed by atoms with Crippen LogP contribution < -0.4 is 5.73 Å². The number of fused-ring (bicyclic) bond motifs is 2. The second kappa shape index (κ2) is 9.71. The zero-order valence-corrected chi connectivity index (χ0v) is 20.3. The van der Waals surface area contributed by atoms with Crippen molar-refractivity contribution in [1.82, 2.24) is 24.5 Å². The van der Waals surface area contributed by atoms with Crippen LogP contribution in [0.4, 0.5) is 13.2 Å². The third-order valence-electron chi connectivity index (χ3n) is 5.56. The topological polar surface area (TPSA) is 72.3 Å². The molecule has 5 rings (SSSR count). The molecule has 0 radical (unpaired) electrons. The van der Waals surface area contributed by atoms with Crippen molar-refractivity contribution in [3.05, 3.63) is 58.7 Å². The van der Waals surface area contributed by atoms with Gasteiger partial charge in [0.25, 0.3) is 0 Å². The monoisotopic (exact) mass is 562 g/mol. The van der Waals surface area contributed by atoms with E-state index in [4.69, 9.17) is 5.73 Å². The maximum Gasteiger partial charge on any atom is 0.408 e. The molecule has 1 saturated heterocycles. The predicted molar refractivity (Wildman–Crippen MR) is 129 cm³/mol. The van der Waals surface area contributed by atoms with Crippen LogP contribution in [-0.4, -0.2) is 49.8 Å². The molecule has 176 valence electrons. The van der Waals surface area contributed by atoms with Crippen LogP contribution >= 0.6 is 40.7 Å². The second-order valence-corrected chi connectivity index (χ2v) is 8.65. The van der Waals surface area contributed by atoms with E-state index >= 15 is 0 Å². The lowest BCUT2D eigenvalue weighted by Crippen LogP contribution is -2.38. The molecule has 3 aromatic heterocycles. The van der Waals surface area contributed by atoms with Crippen LogP contribution in [0.5, 0.6) is 0 Å². The van der Waals surface area contributed by atoms with Crippen LogP contribution in [0.3, 0.4) is 0 Å². The Balaban J connectivity index is 0.00000153. The number of halogens is 6. The van der Waals surface area contributed by atoms with E-state index in [0.717, 1.165) is 15.4 Å². The molecule has 1 aliphatic rings. The minimum Gasteiger partial charge on any atom is -0.326 e. The Labute approximate surface area is 208 Å². The van der Waals surface area contributed by atoms with Crippen molar-refractivity contribution in [2.24, 2.45) is 5.73 Å². The van der Waals surface area contributed by atoms with E-state index in [0.29, 0.717) is 30.1 Å². The van der Waals surface area contributed by atoms with Gasteiger partial charge in [-0.3, -0.25) is 9.30 Å². The number of nitrogens with zero attached hydrogens (tertiary/aromatic N) is 5. The van der Waals surface area contributed by atoms with Gasteiger partial charge in [0.2, 0.25) is 0 Å². The first-order chi connectivity index (χ1) is 14.8. The molecular formula is C21H20BrCl2F3N6. The Morgan fingerprint density at radius 3 is 2.52 bits per heavy atom. The molecule has 2 atom stereocenters. The Morgan fingerprint density at radius 2 is 1.82 bits per heavy atom.